The van der Waals surface area contributed by atoms with Crippen LogP contribution in [0.1, 0.15) is 90.4 Å². The lowest BCUT2D eigenvalue weighted by Gasteiger charge is -2.08. The van der Waals surface area contributed by atoms with E-state index < -0.39 is 6.10 Å². The van der Waals surface area contributed by atoms with Crippen molar-refractivity contribution in [2.24, 2.45) is 0 Å². The number of nitrogens with one attached hydrogen (secondary N) is 1. The Balaban J connectivity index is 3.42. The van der Waals surface area contributed by atoms with Crippen LogP contribution in [0, 0.1) is 0 Å². The second kappa shape index (κ2) is 18.6. The minimum atomic E-state index is -0.890. The summed E-state index contributed by atoms with van der Waals surface area (Å²) in [6, 6.07) is 0. The minimum Gasteiger partial charge on any atom is -0.394 e. The molecule has 1 unspecified atom stereocenters. The first-order chi connectivity index (χ1) is 12.6. The molecule has 0 saturated heterocycles. The maximum absolute atomic E-state index is 11.7. The summed E-state index contributed by atoms with van der Waals surface area (Å²) in [5.74, 6) is 0.0953. The number of hydrogen-bond acceptors (Lipinski definition) is 4. The maximum Gasteiger partial charge on any atom is 0.220 e. The smallest absolute Gasteiger partial charge is 0.220 e. The number of amides is 1. The highest BCUT2D eigenvalue weighted by atomic mass is 16.3. The van der Waals surface area contributed by atoms with Crippen molar-refractivity contribution in [2.45, 2.75) is 96.5 Å². The third-order valence-electron chi connectivity index (χ3n) is 4.35. The summed E-state index contributed by atoms with van der Waals surface area (Å²) in [6.07, 6.45) is 16.0. The van der Waals surface area contributed by atoms with E-state index >= 15 is 0 Å². The largest absolute Gasteiger partial charge is 0.394 e. The average Bonchev–Trinajstić information content (AvgIpc) is 2.64. The first-order valence-electron chi connectivity index (χ1n) is 10.3. The lowest BCUT2D eigenvalue weighted by molar-refractivity contribution is -0.121. The van der Waals surface area contributed by atoms with Crippen LogP contribution in [0.4, 0.5) is 0 Å². The van der Waals surface area contributed by atoms with Gasteiger partial charge >= 0.3 is 0 Å². The Labute approximate surface area is 159 Å². The number of allylic oxidation sites excluding steroid dienone is 2. The molecule has 0 aliphatic carbocycles. The standard InChI is InChI=1S/C21H39NO4/c1-2-3-4-5-6-7-8-11-14-19(24)15-12-9-10-13-16-21(26)22-17-20(25)18-23/h11,14,20,23,25H,2-10,12-13,15-18H2,1H3,(H,22,26)/b14-11+. The van der Waals surface area contributed by atoms with Crippen LogP contribution in [0.5, 0.6) is 0 Å². The van der Waals surface area contributed by atoms with E-state index in [4.69, 9.17) is 10.2 Å². The van der Waals surface area contributed by atoms with Gasteiger partial charge in [0.25, 0.3) is 0 Å². The summed E-state index contributed by atoms with van der Waals surface area (Å²) < 4.78 is 0. The number of hydrogen-bond donors (Lipinski definition) is 3. The van der Waals surface area contributed by atoms with E-state index in [1.165, 1.54) is 38.5 Å². The predicted molar refractivity (Wildman–Crippen MR) is 106 cm³/mol. The lowest BCUT2D eigenvalue weighted by Crippen LogP contribution is -2.33. The van der Waals surface area contributed by atoms with Gasteiger partial charge < -0.3 is 15.5 Å². The molecule has 3 N–H and O–H groups in total. The van der Waals surface area contributed by atoms with Gasteiger partial charge in [-0.15, -0.1) is 0 Å². The van der Waals surface area contributed by atoms with Gasteiger partial charge in [-0.25, -0.2) is 0 Å². The Morgan fingerprint density at radius 1 is 0.923 bits per heavy atom. The molecule has 0 spiro atoms. The first-order valence-corrected chi connectivity index (χ1v) is 10.3. The van der Waals surface area contributed by atoms with Gasteiger partial charge in [0.05, 0.1) is 12.7 Å². The van der Waals surface area contributed by atoms with Gasteiger partial charge in [-0.3, -0.25) is 9.59 Å². The van der Waals surface area contributed by atoms with Crippen LogP contribution < -0.4 is 5.32 Å². The highest BCUT2D eigenvalue weighted by Gasteiger charge is 2.05. The van der Waals surface area contributed by atoms with E-state index in [0.29, 0.717) is 12.8 Å². The highest BCUT2D eigenvalue weighted by molar-refractivity contribution is 5.89. The number of aliphatic hydroxyl groups excluding tert-OH is 2. The molecule has 1 atom stereocenters. The number of carbonyl (C=O) groups excluding carboxylic acids is 2. The van der Waals surface area contributed by atoms with Crippen LogP contribution >= 0.6 is 0 Å². The summed E-state index contributed by atoms with van der Waals surface area (Å²) in [7, 11) is 0. The van der Waals surface area contributed by atoms with Crippen LogP contribution in [0.25, 0.3) is 0 Å². The number of carbonyl (C=O) groups is 2. The van der Waals surface area contributed by atoms with E-state index in [2.05, 4.69) is 12.2 Å². The minimum absolute atomic E-state index is 0.0922. The van der Waals surface area contributed by atoms with Crippen LogP contribution in [0.15, 0.2) is 12.2 Å². The molecule has 0 aromatic carbocycles. The van der Waals surface area contributed by atoms with Crippen molar-refractivity contribution in [1.82, 2.24) is 5.32 Å². The van der Waals surface area contributed by atoms with Crippen LogP contribution in [0.3, 0.4) is 0 Å². The zero-order valence-corrected chi connectivity index (χ0v) is 16.5. The molecule has 0 bridgehead atoms. The summed E-state index contributed by atoms with van der Waals surface area (Å²) >= 11 is 0. The van der Waals surface area contributed by atoms with Gasteiger partial charge in [-0.05, 0) is 31.8 Å². The van der Waals surface area contributed by atoms with Crippen molar-refractivity contribution < 1.29 is 19.8 Å². The molecule has 1 amide bonds. The van der Waals surface area contributed by atoms with Crippen molar-refractivity contribution in [3.63, 3.8) is 0 Å². The number of ketones is 1. The first kappa shape index (κ1) is 24.8. The van der Waals surface area contributed by atoms with Crippen molar-refractivity contribution in [3.05, 3.63) is 12.2 Å². The fourth-order valence-electron chi connectivity index (χ4n) is 2.66. The molecule has 0 radical (unpaired) electrons. The molecule has 0 rings (SSSR count). The third kappa shape index (κ3) is 17.6. The molecule has 5 heteroatoms. The molecular formula is C21H39NO4. The van der Waals surface area contributed by atoms with Crippen LogP contribution in [0.2, 0.25) is 0 Å². The van der Waals surface area contributed by atoms with E-state index in [1.54, 1.807) is 6.08 Å². The topological polar surface area (TPSA) is 86.6 Å². The SMILES string of the molecule is CCCCCCCC/C=C/C(=O)CCCCCCC(=O)NCC(O)CO. The van der Waals surface area contributed by atoms with Crippen molar-refractivity contribution in [3.8, 4) is 0 Å². The Morgan fingerprint density at radius 3 is 2.23 bits per heavy atom. The summed E-state index contributed by atoms with van der Waals surface area (Å²) in [6.45, 7) is 1.97. The summed E-state index contributed by atoms with van der Waals surface area (Å²) in [4.78, 5) is 23.2. The zero-order chi connectivity index (χ0) is 19.5. The van der Waals surface area contributed by atoms with Gasteiger partial charge in [-0.1, -0.05) is 57.9 Å². The van der Waals surface area contributed by atoms with Crippen LogP contribution in [-0.2, 0) is 9.59 Å². The van der Waals surface area contributed by atoms with Crippen molar-refractivity contribution in [1.29, 1.82) is 0 Å². The van der Waals surface area contributed by atoms with Gasteiger partial charge in [0.2, 0.25) is 5.91 Å². The second-order valence-electron chi connectivity index (χ2n) is 6.98. The highest BCUT2D eigenvalue weighted by Crippen LogP contribution is 2.08. The van der Waals surface area contributed by atoms with E-state index in [9.17, 15) is 9.59 Å². The van der Waals surface area contributed by atoms with E-state index in [0.717, 1.165) is 32.1 Å². The van der Waals surface area contributed by atoms with Gasteiger partial charge in [-0.2, -0.15) is 0 Å². The maximum atomic E-state index is 11.7. The molecular weight excluding hydrogens is 330 g/mol. The Morgan fingerprint density at radius 2 is 1.54 bits per heavy atom. The Kier molecular flexibility index (Phi) is 17.7. The zero-order valence-electron chi connectivity index (χ0n) is 16.5. The number of aliphatic hydroxyl groups is 2. The normalized spacial score (nSPS) is 12.4. The Hall–Kier alpha value is -1.20. The van der Waals surface area contributed by atoms with Crippen LogP contribution in [-0.4, -0.2) is 41.2 Å². The fraction of sp³-hybridized carbons (Fsp3) is 0.810. The average molecular weight is 370 g/mol. The predicted octanol–water partition coefficient (Wildman–Crippen LogP) is 3.67. The molecule has 0 fully saturated rings. The van der Waals surface area contributed by atoms with Gasteiger partial charge in [0.1, 0.15) is 0 Å². The van der Waals surface area contributed by atoms with E-state index in [1.807, 2.05) is 6.08 Å². The van der Waals surface area contributed by atoms with Gasteiger partial charge in [0, 0.05) is 19.4 Å². The molecule has 5 nitrogen and oxygen atoms in total. The fourth-order valence-corrected chi connectivity index (χ4v) is 2.66. The molecule has 26 heavy (non-hydrogen) atoms. The molecule has 0 aliphatic rings. The van der Waals surface area contributed by atoms with Crippen molar-refractivity contribution in [2.75, 3.05) is 13.2 Å². The Bertz CT molecular complexity index is 382. The number of unbranched alkanes of at least 4 members (excludes halogenated alkanes) is 9. The lowest BCUT2D eigenvalue weighted by atomic mass is 10.1. The van der Waals surface area contributed by atoms with Gasteiger partial charge in [0.15, 0.2) is 5.78 Å². The molecule has 0 saturated carbocycles. The molecule has 0 aliphatic heterocycles. The molecule has 0 aromatic rings. The number of rotatable bonds is 18. The second-order valence-corrected chi connectivity index (χ2v) is 6.98. The molecule has 152 valence electrons. The molecule has 0 heterocycles. The monoisotopic (exact) mass is 369 g/mol. The van der Waals surface area contributed by atoms with Crippen molar-refractivity contribution >= 4 is 11.7 Å². The summed E-state index contributed by atoms with van der Waals surface area (Å²) in [5.41, 5.74) is 0. The quantitative estimate of drug-likeness (QED) is 0.254. The summed E-state index contributed by atoms with van der Waals surface area (Å²) in [5, 5.41) is 20.4. The molecule has 0 aromatic heterocycles. The third-order valence-corrected chi connectivity index (χ3v) is 4.35. The van der Waals surface area contributed by atoms with E-state index in [-0.39, 0.29) is 24.8 Å².